The molecule has 0 N–H and O–H groups in total. The first-order valence-corrected chi connectivity index (χ1v) is 11.9. The Morgan fingerprint density at radius 1 is 1.03 bits per heavy atom. The van der Waals surface area contributed by atoms with Crippen LogP contribution in [0.4, 0.5) is 17.6 Å². The smallest absolute Gasteiger partial charge is 0.397 e. The number of halogens is 4. The van der Waals surface area contributed by atoms with Gasteiger partial charge in [-0.15, -0.1) is 0 Å². The van der Waals surface area contributed by atoms with Crippen LogP contribution in [-0.4, -0.2) is 24.4 Å². The molecule has 2 saturated carbocycles. The summed E-state index contributed by atoms with van der Waals surface area (Å²) in [6.07, 6.45) is -0.959. The summed E-state index contributed by atoms with van der Waals surface area (Å²) in [5.74, 6) is -1.35. The number of alkyl halides is 3. The molecule has 33 heavy (non-hydrogen) atoms. The maximum Gasteiger partial charge on any atom is 0.397 e. The van der Waals surface area contributed by atoms with Gasteiger partial charge in [0.1, 0.15) is 23.8 Å². The molecule has 7 heteroatoms. The molecule has 2 fully saturated rings. The molecule has 186 valence electrons. The van der Waals surface area contributed by atoms with E-state index < -0.39 is 41.0 Å². The van der Waals surface area contributed by atoms with Gasteiger partial charge in [-0.05, 0) is 69.4 Å². The zero-order valence-corrected chi connectivity index (χ0v) is 20.5. The van der Waals surface area contributed by atoms with E-state index in [2.05, 4.69) is 0 Å². The zero-order valence-electron chi connectivity index (χ0n) is 20.5. The third kappa shape index (κ3) is 5.65. The summed E-state index contributed by atoms with van der Waals surface area (Å²) in [5, 5.41) is 0. The molecule has 3 rings (SSSR count). The van der Waals surface area contributed by atoms with Crippen molar-refractivity contribution in [1.29, 1.82) is 0 Å². The fourth-order valence-electron chi connectivity index (χ4n) is 4.62. The molecule has 2 aliphatic carbocycles. The van der Waals surface area contributed by atoms with Gasteiger partial charge in [-0.1, -0.05) is 40.0 Å². The van der Waals surface area contributed by atoms with Gasteiger partial charge in [-0.2, -0.15) is 13.2 Å². The summed E-state index contributed by atoms with van der Waals surface area (Å²) >= 11 is 0. The molecule has 0 amide bonds. The molecule has 0 atom stereocenters. The van der Waals surface area contributed by atoms with Gasteiger partial charge in [0.15, 0.2) is 0 Å². The van der Waals surface area contributed by atoms with Gasteiger partial charge in [0.25, 0.3) is 0 Å². The number of benzene rings is 1. The van der Waals surface area contributed by atoms with Crippen molar-refractivity contribution in [2.24, 2.45) is 5.41 Å². The van der Waals surface area contributed by atoms with Crippen molar-refractivity contribution >= 4 is 5.97 Å². The van der Waals surface area contributed by atoms with Gasteiger partial charge >= 0.3 is 12.1 Å². The van der Waals surface area contributed by atoms with Crippen molar-refractivity contribution in [3.63, 3.8) is 0 Å². The van der Waals surface area contributed by atoms with Gasteiger partial charge in [-0.25, -0.2) is 9.18 Å². The lowest BCUT2D eigenvalue weighted by Gasteiger charge is -2.39. The number of rotatable bonds is 5. The Hall–Kier alpha value is -1.79. The molecule has 2 aliphatic rings. The van der Waals surface area contributed by atoms with Crippen molar-refractivity contribution in [3.8, 4) is 5.75 Å². The Labute approximate surface area is 194 Å². The second kappa shape index (κ2) is 8.77. The Balaban J connectivity index is 2.09. The standard InChI is InChI=1S/C26H36F4O3/c1-23(2,3)19-20(27)18(22(31)33-24(4,5)6)14-17(16-10-11-16)21(19)32-15-25(26(28,29)30)12-8-7-9-13-25/h14,16H,7-13,15H2,1-6H3. The number of hydrogen-bond donors (Lipinski definition) is 0. The molecule has 1 aromatic carbocycles. The second-order valence-electron chi connectivity index (χ2n) is 11.7. The minimum atomic E-state index is -4.40. The predicted octanol–water partition coefficient (Wildman–Crippen LogP) is 7.85. The van der Waals surface area contributed by atoms with E-state index in [1.807, 2.05) is 0 Å². The third-order valence-corrected chi connectivity index (χ3v) is 6.54. The Bertz CT molecular complexity index is 881. The quantitative estimate of drug-likeness (QED) is 0.323. The van der Waals surface area contributed by atoms with Crippen molar-refractivity contribution in [1.82, 2.24) is 0 Å². The average Bonchev–Trinajstić information content (AvgIpc) is 3.48. The number of hydrogen-bond acceptors (Lipinski definition) is 3. The third-order valence-electron chi connectivity index (χ3n) is 6.54. The summed E-state index contributed by atoms with van der Waals surface area (Å²) in [4.78, 5) is 12.8. The molecule has 0 saturated heterocycles. The molecule has 3 nitrogen and oxygen atoms in total. The largest absolute Gasteiger partial charge is 0.492 e. The first-order chi connectivity index (χ1) is 15.1. The predicted molar refractivity (Wildman–Crippen MR) is 119 cm³/mol. The van der Waals surface area contributed by atoms with Crippen LogP contribution in [0.1, 0.15) is 114 Å². The Morgan fingerprint density at radius 3 is 2.06 bits per heavy atom. The molecular weight excluding hydrogens is 436 g/mol. The normalized spacial score (nSPS) is 19.3. The van der Waals surface area contributed by atoms with Crippen molar-refractivity contribution in [3.05, 3.63) is 28.6 Å². The van der Waals surface area contributed by atoms with Gasteiger partial charge in [0.05, 0.1) is 11.0 Å². The highest BCUT2D eigenvalue weighted by molar-refractivity contribution is 5.91. The maximum absolute atomic E-state index is 15.8. The van der Waals surface area contributed by atoms with Gasteiger partial charge < -0.3 is 9.47 Å². The summed E-state index contributed by atoms with van der Waals surface area (Å²) in [7, 11) is 0. The highest BCUT2D eigenvalue weighted by atomic mass is 19.4. The lowest BCUT2D eigenvalue weighted by atomic mass is 9.74. The second-order valence-corrected chi connectivity index (χ2v) is 11.7. The van der Waals surface area contributed by atoms with E-state index in [4.69, 9.17) is 9.47 Å². The van der Waals surface area contributed by atoms with E-state index in [1.165, 1.54) is 6.07 Å². The lowest BCUT2D eigenvalue weighted by molar-refractivity contribution is -0.243. The molecule has 1 aromatic rings. The van der Waals surface area contributed by atoms with Crippen LogP contribution in [0.15, 0.2) is 6.07 Å². The van der Waals surface area contributed by atoms with Crippen LogP contribution in [0.5, 0.6) is 5.75 Å². The molecule has 0 aliphatic heterocycles. The number of ether oxygens (including phenoxy) is 2. The van der Waals surface area contributed by atoms with Gasteiger partial charge in [-0.3, -0.25) is 0 Å². The van der Waals surface area contributed by atoms with Crippen molar-refractivity contribution < 1.29 is 31.8 Å². The van der Waals surface area contributed by atoms with E-state index in [-0.39, 0.29) is 35.6 Å². The monoisotopic (exact) mass is 472 g/mol. The van der Waals surface area contributed by atoms with E-state index in [0.29, 0.717) is 18.4 Å². The van der Waals surface area contributed by atoms with Crippen molar-refractivity contribution in [2.45, 2.75) is 110 Å². The Morgan fingerprint density at radius 2 is 1.61 bits per heavy atom. The molecule has 0 unspecified atom stereocenters. The van der Waals surface area contributed by atoms with Crippen LogP contribution >= 0.6 is 0 Å². The van der Waals surface area contributed by atoms with Crippen LogP contribution in [0.3, 0.4) is 0 Å². The number of carbonyl (C=O) groups excluding carboxylic acids is 1. The van der Waals surface area contributed by atoms with Crippen molar-refractivity contribution in [2.75, 3.05) is 6.61 Å². The fourth-order valence-corrected chi connectivity index (χ4v) is 4.62. The van der Waals surface area contributed by atoms with Gasteiger partial charge in [0, 0.05) is 5.56 Å². The van der Waals surface area contributed by atoms with E-state index in [1.54, 1.807) is 41.5 Å². The van der Waals surface area contributed by atoms with Crippen LogP contribution in [-0.2, 0) is 10.2 Å². The molecule has 0 heterocycles. The number of esters is 1. The molecule has 0 aromatic heterocycles. The Kier molecular flexibility index (Phi) is 6.86. The SMILES string of the molecule is CC(C)(C)OC(=O)c1cc(C2CC2)c(OCC2(C(F)(F)F)CCCCC2)c(C(C)(C)C)c1F. The minimum absolute atomic E-state index is 0.0125. The minimum Gasteiger partial charge on any atom is -0.492 e. The highest BCUT2D eigenvalue weighted by Gasteiger charge is 2.55. The van der Waals surface area contributed by atoms with Crippen LogP contribution < -0.4 is 4.74 Å². The lowest BCUT2D eigenvalue weighted by Crippen LogP contribution is -2.44. The molecule has 0 radical (unpaired) electrons. The van der Waals surface area contributed by atoms with Crippen LogP contribution in [0.2, 0.25) is 0 Å². The van der Waals surface area contributed by atoms with E-state index in [0.717, 1.165) is 19.3 Å². The summed E-state index contributed by atoms with van der Waals surface area (Å²) in [5.41, 5.74) is -2.97. The van der Waals surface area contributed by atoms with Crippen LogP contribution in [0, 0.1) is 11.2 Å². The zero-order chi connectivity index (χ0) is 24.8. The fraction of sp³-hybridized carbons (Fsp3) is 0.731. The summed E-state index contributed by atoms with van der Waals surface area (Å²) in [6, 6.07) is 1.44. The van der Waals surface area contributed by atoms with Crippen LogP contribution in [0.25, 0.3) is 0 Å². The topological polar surface area (TPSA) is 35.5 Å². The van der Waals surface area contributed by atoms with E-state index >= 15 is 4.39 Å². The molecule has 0 bridgehead atoms. The van der Waals surface area contributed by atoms with Gasteiger partial charge in [0.2, 0.25) is 0 Å². The maximum atomic E-state index is 15.8. The first kappa shape index (κ1) is 25.8. The highest BCUT2D eigenvalue weighted by Crippen LogP contribution is 2.52. The first-order valence-electron chi connectivity index (χ1n) is 11.9. The molecule has 0 spiro atoms. The molecular formula is C26H36F4O3. The average molecular weight is 473 g/mol. The van der Waals surface area contributed by atoms with E-state index in [9.17, 15) is 18.0 Å². The number of carbonyl (C=O) groups is 1. The summed E-state index contributed by atoms with van der Waals surface area (Å²) in [6.45, 7) is 9.88. The summed E-state index contributed by atoms with van der Waals surface area (Å²) < 4.78 is 69.5.